The van der Waals surface area contributed by atoms with E-state index in [0.29, 0.717) is 6.54 Å². The van der Waals surface area contributed by atoms with Gasteiger partial charge in [0.05, 0.1) is 12.7 Å². The van der Waals surface area contributed by atoms with Gasteiger partial charge in [0.2, 0.25) is 0 Å². The quantitative estimate of drug-likeness (QED) is 0.792. The number of benzene rings is 1. The predicted molar refractivity (Wildman–Crippen MR) is 80.8 cm³/mol. The van der Waals surface area contributed by atoms with Gasteiger partial charge in [0.25, 0.3) is 5.91 Å². The number of nitrogens with one attached hydrogen (secondary N) is 1. The summed E-state index contributed by atoms with van der Waals surface area (Å²) in [4.78, 5) is 11.8. The van der Waals surface area contributed by atoms with E-state index < -0.39 is 11.6 Å². The van der Waals surface area contributed by atoms with Crippen LogP contribution < -0.4 is 5.32 Å². The first kappa shape index (κ1) is 16.4. The van der Waals surface area contributed by atoms with E-state index in [9.17, 15) is 13.6 Å². The van der Waals surface area contributed by atoms with E-state index in [0.717, 1.165) is 12.2 Å². The fraction of sp³-hybridized carbons (Fsp3) is 0.357. The lowest BCUT2D eigenvalue weighted by Gasteiger charge is -2.04. The van der Waals surface area contributed by atoms with Crippen molar-refractivity contribution in [3.8, 4) is 0 Å². The van der Waals surface area contributed by atoms with Gasteiger partial charge in [-0.3, -0.25) is 4.79 Å². The first-order chi connectivity index (χ1) is 10.6. The Morgan fingerprint density at radius 1 is 1.36 bits per heavy atom. The number of amides is 1. The van der Waals surface area contributed by atoms with Crippen LogP contribution in [0, 0.1) is 11.6 Å². The smallest absolute Gasteiger partial charge is 0.273 e. The van der Waals surface area contributed by atoms with Crippen LogP contribution in [0.3, 0.4) is 0 Å². The van der Waals surface area contributed by atoms with Gasteiger partial charge in [-0.1, -0.05) is 11.3 Å². The molecule has 0 aliphatic carbocycles. The minimum atomic E-state index is -0.654. The van der Waals surface area contributed by atoms with Crippen molar-refractivity contribution < 1.29 is 13.6 Å². The first-order valence-electron chi connectivity index (χ1n) is 6.72. The van der Waals surface area contributed by atoms with Gasteiger partial charge in [-0.2, -0.15) is 11.8 Å². The molecule has 1 heterocycles. The van der Waals surface area contributed by atoms with Gasteiger partial charge in [-0.25, -0.2) is 13.5 Å². The molecule has 118 valence electrons. The molecule has 2 rings (SSSR count). The molecule has 0 radical (unpaired) electrons. The van der Waals surface area contributed by atoms with Crippen molar-refractivity contribution >= 4 is 17.7 Å². The second-order valence-corrected chi connectivity index (χ2v) is 5.59. The number of nitrogens with zero attached hydrogens (tertiary/aromatic N) is 3. The van der Waals surface area contributed by atoms with Gasteiger partial charge in [-0.15, -0.1) is 5.10 Å². The third-order valence-electron chi connectivity index (χ3n) is 2.96. The molecule has 0 spiro atoms. The molecule has 0 fully saturated rings. The predicted octanol–water partition coefficient (Wildman–Crippen LogP) is 2.09. The zero-order chi connectivity index (χ0) is 15.9. The molecule has 1 N–H and O–H groups in total. The molecule has 1 amide bonds. The van der Waals surface area contributed by atoms with Gasteiger partial charge < -0.3 is 5.32 Å². The van der Waals surface area contributed by atoms with Crippen LogP contribution in [0.15, 0.2) is 24.4 Å². The minimum Gasteiger partial charge on any atom is -0.351 e. The first-order valence-corrected chi connectivity index (χ1v) is 8.11. The number of halogens is 2. The van der Waals surface area contributed by atoms with Crippen molar-refractivity contribution in [2.75, 3.05) is 18.6 Å². The Hall–Kier alpha value is -1.96. The van der Waals surface area contributed by atoms with E-state index in [1.54, 1.807) is 11.8 Å². The van der Waals surface area contributed by atoms with E-state index >= 15 is 0 Å². The summed E-state index contributed by atoms with van der Waals surface area (Å²) in [6, 6.07) is 3.65. The second-order valence-electron chi connectivity index (χ2n) is 4.60. The van der Waals surface area contributed by atoms with Crippen molar-refractivity contribution in [1.29, 1.82) is 0 Å². The van der Waals surface area contributed by atoms with E-state index in [2.05, 4.69) is 15.6 Å². The number of aromatic nitrogens is 3. The van der Waals surface area contributed by atoms with Crippen LogP contribution in [0.1, 0.15) is 22.5 Å². The van der Waals surface area contributed by atoms with Crippen LogP contribution >= 0.6 is 11.8 Å². The van der Waals surface area contributed by atoms with E-state index in [4.69, 9.17) is 0 Å². The summed E-state index contributed by atoms with van der Waals surface area (Å²) in [5.41, 5.74) is 0.0141. The summed E-state index contributed by atoms with van der Waals surface area (Å²) in [7, 11) is 0. The summed E-state index contributed by atoms with van der Waals surface area (Å²) >= 11 is 1.70. The van der Waals surface area contributed by atoms with Gasteiger partial charge in [0.1, 0.15) is 11.6 Å². The van der Waals surface area contributed by atoms with E-state index in [-0.39, 0.29) is 23.7 Å². The molecule has 0 atom stereocenters. The molecule has 0 saturated heterocycles. The normalized spacial score (nSPS) is 10.7. The SMILES string of the molecule is CSCCCNC(=O)c1cn(Cc2c(F)cccc2F)nn1. The highest BCUT2D eigenvalue weighted by Crippen LogP contribution is 2.13. The Morgan fingerprint density at radius 2 is 2.09 bits per heavy atom. The molecule has 1 aromatic carbocycles. The van der Waals surface area contributed by atoms with Gasteiger partial charge in [0.15, 0.2) is 5.69 Å². The molecule has 0 aliphatic heterocycles. The molecule has 8 heteroatoms. The summed E-state index contributed by atoms with van der Waals surface area (Å²) < 4.78 is 28.4. The standard InChI is InChI=1S/C14H16F2N4OS/c1-22-7-3-6-17-14(21)13-9-20(19-18-13)8-10-11(15)4-2-5-12(10)16/h2,4-5,9H,3,6-8H2,1H3,(H,17,21). The number of rotatable bonds is 7. The molecule has 2 aromatic rings. The molecule has 0 bridgehead atoms. The number of hydrogen-bond donors (Lipinski definition) is 1. The van der Waals surface area contributed by atoms with Gasteiger partial charge >= 0.3 is 0 Å². The minimum absolute atomic E-state index is 0.112. The second kappa shape index (κ2) is 7.88. The zero-order valence-electron chi connectivity index (χ0n) is 12.1. The monoisotopic (exact) mass is 326 g/mol. The molecular weight excluding hydrogens is 310 g/mol. The number of thioether (sulfide) groups is 1. The summed E-state index contributed by atoms with van der Waals surface area (Å²) in [6.07, 6.45) is 4.23. The third kappa shape index (κ3) is 4.27. The Bertz CT molecular complexity index is 627. The Balaban J connectivity index is 1.98. The van der Waals surface area contributed by atoms with Gasteiger partial charge in [-0.05, 0) is 30.6 Å². The van der Waals surface area contributed by atoms with Crippen LogP contribution in [0.4, 0.5) is 8.78 Å². The average Bonchev–Trinajstić information content (AvgIpc) is 2.96. The Labute approximate surface area is 131 Å². The van der Waals surface area contributed by atoms with Crippen LogP contribution in [-0.2, 0) is 6.54 Å². The van der Waals surface area contributed by atoms with Crippen molar-refractivity contribution in [2.24, 2.45) is 0 Å². The lowest BCUT2D eigenvalue weighted by Crippen LogP contribution is -2.25. The maximum absolute atomic E-state index is 13.6. The number of carbonyl (C=O) groups excluding carboxylic acids is 1. The summed E-state index contributed by atoms with van der Waals surface area (Å²) in [6.45, 7) is 0.430. The molecule has 0 saturated carbocycles. The zero-order valence-corrected chi connectivity index (χ0v) is 12.9. The van der Waals surface area contributed by atoms with Crippen LogP contribution in [0.2, 0.25) is 0 Å². The summed E-state index contributed by atoms with van der Waals surface area (Å²) in [5.74, 6) is -0.696. The van der Waals surface area contributed by atoms with Crippen LogP contribution in [0.5, 0.6) is 0 Å². The van der Waals surface area contributed by atoms with Crippen molar-refractivity contribution in [3.63, 3.8) is 0 Å². The molecule has 22 heavy (non-hydrogen) atoms. The van der Waals surface area contributed by atoms with E-state index in [1.165, 1.54) is 29.1 Å². The third-order valence-corrected chi connectivity index (χ3v) is 3.66. The molecule has 0 aliphatic rings. The molecule has 5 nitrogen and oxygen atoms in total. The van der Waals surface area contributed by atoms with Crippen molar-refractivity contribution in [2.45, 2.75) is 13.0 Å². The number of carbonyl (C=O) groups is 1. The largest absolute Gasteiger partial charge is 0.351 e. The Morgan fingerprint density at radius 3 is 2.77 bits per heavy atom. The van der Waals surface area contributed by atoms with Crippen molar-refractivity contribution in [3.05, 3.63) is 47.3 Å². The molecule has 0 unspecified atom stereocenters. The molecule has 1 aromatic heterocycles. The van der Waals surface area contributed by atoms with Gasteiger partial charge in [0, 0.05) is 12.1 Å². The van der Waals surface area contributed by atoms with E-state index in [1.807, 2.05) is 6.26 Å². The topological polar surface area (TPSA) is 59.8 Å². The maximum Gasteiger partial charge on any atom is 0.273 e. The number of hydrogen-bond acceptors (Lipinski definition) is 4. The Kier molecular flexibility index (Phi) is 5.88. The fourth-order valence-corrected chi connectivity index (χ4v) is 2.27. The highest BCUT2D eigenvalue weighted by molar-refractivity contribution is 7.98. The molecular formula is C14H16F2N4OS. The lowest BCUT2D eigenvalue weighted by atomic mass is 10.2. The highest BCUT2D eigenvalue weighted by atomic mass is 32.2. The highest BCUT2D eigenvalue weighted by Gasteiger charge is 2.13. The lowest BCUT2D eigenvalue weighted by molar-refractivity contribution is 0.0948. The van der Waals surface area contributed by atoms with Crippen LogP contribution in [0.25, 0.3) is 0 Å². The van der Waals surface area contributed by atoms with Crippen LogP contribution in [-0.4, -0.2) is 39.5 Å². The van der Waals surface area contributed by atoms with Crippen molar-refractivity contribution in [1.82, 2.24) is 20.3 Å². The maximum atomic E-state index is 13.6. The average molecular weight is 326 g/mol. The summed E-state index contributed by atoms with van der Waals surface area (Å²) in [5, 5.41) is 10.2. The fourth-order valence-electron chi connectivity index (χ4n) is 1.83.